The van der Waals surface area contributed by atoms with E-state index in [1.165, 1.54) is 0 Å². The highest BCUT2D eigenvalue weighted by atomic mass is 28.3. The number of allylic oxidation sites excluding steroid dienone is 1. The minimum Gasteiger partial charge on any atom is -0.212 e. The Hall–Kier alpha value is -0.893. The molecular formula is C13H19FSi. The van der Waals surface area contributed by atoms with Crippen LogP contribution in [0.3, 0.4) is 0 Å². The summed E-state index contributed by atoms with van der Waals surface area (Å²) in [5.74, 6) is 0.00336. The van der Waals surface area contributed by atoms with E-state index in [0.717, 1.165) is 11.6 Å². The van der Waals surface area contributed by atoms with Gasteiger partial charge in [0, 0.05) is 8.07 Å². The molecule has 0 saturated carbocycles. The molecule has 0 bridgehead atoms. The van der Waals surface area contributed by atoms with E-state index in [2.05, 4.69) is 19.6 Å². The van der Waals surface area contributed by atoms with E-state index in [0.29, 0.717) is 6.42 Å². The first-order valence-electron chi connectivity index (χ1n) is 5.38. The summed E-state index contributed by atoms with van der Waals surface area (Å²) < 4.78 is 13.5. The molecule has 0 unspecified atom stereocenters. The summed E-state index contributed by atoms with van der Waals surface area (Å²) in [6.45, 7) is 6.80. The monoisotopic (exact) mass is 222 g/mol. The second-order valence-corrected chi connectivity index (χ2v) is 10.7. The van der Waals surface area contributed by atoms with E-state index < -0.39 is 8.07 Å². The summed E-state index contributed by atoms with van der Waals surface area (Å²) in [5, 5.41) is 0. The first-order chi connectivity index (χ1) is 6.97. The van der Waals surface area contributed by atoms with Crippen LogP contribution < -0.4 is 0 Å². The number of benzene rings is 1. The standard InChI is InChI=1S/C13H19FSi/c1-15(2,3)10-9-13(14)11-12-7-5-4-6-8-12/h4-8,11H,9-10H2,1-3H3/b13-11-. The van der Waals surface area contributed by atoms with Gasteiger partial charge in [0.05, 0.1) is 0 Å². The molecule has 0 saturated heterocycles. The summed E-state index contributed by atoms with van der Waals surface area (Å²) in [6, 6.07) is 10.7. The van der Waals surface area contributed by atoms with E-state index in [4.69, 9.17) is 0 Å². The summed E-state index contributed by atoms with van der Waals surface area (Å²) >= 11 is 0. The summed E-state index contributed by atoms with van der Waals surface area (Å²) in [4.78, 5) is 0. The van der Waals surface area contributed by atoms with E-state index in [9.17, 15) is 4.39 Å². The Morgan fingerprint density at radius 1 is 1.20 bits per heavy atom. The van der Waals surface area contributed by atoms with Crippen LogP contribution in [0.25, 0.3) is 6.08 Å². The molecule has 0 aliphatic rings. The molecule has 0 aromatic heterocycles. The molecule has 1 aromatic rings. The third kappa shape index (κ3) is 5.53. The lowest BCUT2D eigenvalue weighted by Gasteiger charge is -2.14. The summed E-state index contributed by atoms with van der Waals surface area (Å²) in [7, 11) is -1.12. The predicted octanol–water partition coefficient (Wildman–Crippen LogP) is 4.73. The predicted molar refractivity (Wildman–Crippen MR) is 68.3 cm³/mol. The van der Waals surface area contributed by atoms with Crippen LogP contribution >= 0.6 is 0 Å². The third-order valence-corrected chi connectivity index (χ3v) is 3.99. The Kier molecular flexibility index (Phi) is 4.27. The van der Waals surface area contributed by atoms with Crippen LogP contribution in [-0.2, 0) is 0 Å². The van der Waals surface area contributed by atoms with E-state index in [-0.39, 0.29) is 5.83 Å². The molecule has 0 spiro atoms. The average Bonchev–Trinajstić information content (AvgIpc) is 2.15. The maximum atomic E-state index is 13.5. The molecular weight excluding hydrogens is 203 g/mol. The largest absolute Gasteiger partial charge is 0.212 e. The topological polar surface area (TPSA) is 0 Å². The minimum atomic E-state index is -1.12. The molecule has 82 valence electrons. The van der Waals surface area contributed by atoms with Crippen molar-refractivity contribution >= 4 is 14.1 Å². The number of hydrogen-bond acceptors (Lipinski definition) is 0. The van der Waals surface area contributed by atoms with Crippen molar-refractivity contribution in [1.82, 2.24) is 0 Å². The highest BCUT2D eigenvalue weighted by molar-refractivity contribution is 6.76. The van der Waals surface area contributed by atoms with E-state index in [1.54, 1.807) is 6.08 Å². The summed E-state index contributed by atoms with van der Waals surface area (Å²) in [5.41, 5.74) is 0.950. The fourth-order valence-electron chi connectivity index (χ4n) is 1.30. The average molecular weight is 222 g/mol. The molecule has 2 heteroatoms. The molecule has 0 atom stereocenters. The van der Waals surface area contributed by atoms with Gasteiger partial charge in [0.1, 0.15) is 5.83 Å². The van der Waals surface area contributed by atoms with Gasteiger partial charge in [-0.05, 0) is 18.1 Å². The van der Waals surface area contributed by atoms with Crippen LogP contribution in [0.4, 0.5) is 4.39 Å². The van der Waals surface area contributed by atoms with Crippen molar-refractivity contribution in [2.75, 3.05) is 0 Å². The zero-order chi connectivity index (χ0) is 11.3. The number of rotatable bonds is 4. The molecule has 0 fully saturated rings. The number of halogens is 1. The lowest BCUT2D eigenvalue weighted by molar-refractivity contribution is 0.610. The first kappa shape index (κ1) is 12.2. The Morgan fingerprint density at radius 2 is 1.80 bits per heavy atom. The molecule has 0 heterocycles. The van der Waals surface area contributed by atoms with Gasteiger partial charge >= 0.3 is 0 Å². The molecule has 0 amide bonds. The maximum absolute atomic E-state index is 13.5. The molecule has 1 rings (SSSR count). The SMILES string of the molecule is C[Si](C)(C)CC/C(F)=C/c1ccccc1. The van der Waals surface area contributed by atoms with Gasteiger partial charge in [-0.3, -0.25) is 0 Å². The van der Waals surface area contributed by atoms with Crippen LogP contribution in [0.2, 0.25) is 25.7 Å². The lowest BCUT2D eigenvalue weighted by atomic mass is 10.2. The second-order valence-electron chi connectivity index (χ2n) is 5.06. The zero-order valence-corrected chi connectivity index (χ0v) is 10.8. The number of hydrogen-bond donors (Lipinski definition) is 0. The van der Waals surface area contributed by atoms with Crippen LogP contribution in [0, 0.1) is 0 Å². The van der Waals surface area contributed by atoms with Crippen molar-refractivity contribution in [2.45, 2.75) is 32.1 Å². The molecule has 0 nitrogen and oxygen atoms in total. The maximum Gasteiger partial charge on any atom is 0.100 e. The Bertz CT molecular complexity index is 322. The smallest absolute Gasteiger partial charge is 0.100 e. The van der Waals surface area contributed by atoms with Crippen molar-refractivity contribution in [2.24, 2.45) is 0 Å². The Morgan fingerprint density at radius 3 is 2.33 bits per heavy atom. The van der Waals surface area contributed by atoms with Crippen LogP contribution in [0.1, 0.15) is 12.0 Å². The minimum absolute atomic E-state index is 0.00336. The highest BCUT2D eigenvalue weighted by Gasteiger charge is 2.13. The van der Waals surface area contributed by atoms with Gasteiger partial charge in [0.15, 0.2) is 0 Å². The van der Waals surface area contributed by atoms with Gasteiger partial charge in [0.2, 0.25) is 0 Å². The van der Waals surface area contributed by atoms with Crippen LogP contribution in [-0.4, -0.2) is 8.07 Å². The van der Waals surface area contributed by atoms with Gasteiger partial charge < -0.3 is 0 Å². The van der Waals surface area contributed by atoms with Gasteiger partial charge in [-0.15, -0.1) is 0 Å². The first-order valence-corrected chi connectivity index (χ1v) is 9.09. The van der Waals surface area contributed by atoms with Crippen LogP contribution in [0.15, 0.2) is 36.2 Å². The van der Waals surface area contributed by atoms with Crippen molar-refractivity contribution in [1.29, 1.82) is 0 Å². The second kappa shape index (κ2) is 5.26. The Labute approximate surface area is 92.8 Å². The quantitative estimate of drug-likeness (QED) is 0.646. The Balaban J connectivity index is 2.54. The highest BCUT2D eigenvalue weighted by Crippen LogP contribution is 2.19. The van der Waals surface area contributed by atoms with E-state index in [1.807, 2.05) is 30.3 Å². The van der Waals surface area contributed by atoms with Gasteiger partial charge in [-0.25, -0.2) is 4.39 Å². The van der Waals surface area contributed by atoms with Crippen molar-refractivity contribution in [3.05, 3.63) is 41.7 Å². The molecule has 15 heavy (non-hydrogen) atoms. The molecule has 0 aliphatic heterocycles. The molecule has 0 radical (unpaired) electrons. The zero-order valence-electron chi connectivity index (χ0n) is 9.76. The third-order valence-electron chi connectivity index (χ3n) is 2.24. The van der Waals surface area contributed by atoms with Gasteiger partial charge in [0.25, 0.3) is 0 Å². The van der Waals surface area contributed by atoms with Crippen molar-refractivity contribution < 1.29 is 4.39 Å². The van der Waals surface area contributed by atoms with Crippen LogP contribution in [0.5, 0.6) is 0 Å². The summed E-state index contributed by atoms with van der Waals surface area (Å²) in [6.07, 6.45) is 2.23. The van der Waals surface area contributed by atoms with E-state index >= 15 is 0 Å². The lowest BCUT2D eigenvalue weighted by Crippen LogP contribution is -2.18. The molecule has 1 aromatic carbocycles. The van der Waals surface area contributed by atoms with Gasteiger partial charge in [-0.1, -0.05) is 56.0 Å². The molecule has 0 N–H and O–H groups in total. The fraction of sp³-hybridized carbons (Fsp3) is 0.385. The fourth-order valence-corrected chi connectivity index (χ4v) is 2.29. The van der Waals surface area contributed by atoms with Crippen molar-refractivity contribution in [3.8, 4) is 0 Å². The normalized spacial score (nSPS) is 12.9. The van der Waals surface area contributed by atoms with Gasteiger partial charge in [-0.2, -0.15) is 0 Å². The van der Waals surface area contributed by atoms with Crippen molar-refractivity contribution in [3.63, 3.8) is 0 Å². The molecule has 0 aliphatic carbocycles.